The van der Waals surface area contributed by atoms with E-state index in [1.165, 1.54) is 18.4 Å². The largest absolute Gasteiger partial charge is 0.351 e. The van der Waals surface area contributed by atoms with Crippen LogP contribution in [0.1, 0.15) is 45.6 Å². The fourth-order valence-electron chi connectivity index (χ4n) is 3.41. The van der Waals surface area contributed by atoms with Crippen molar-refractivity contribution in [1.29, 1.82) is 0 Å². The van der Waals surface area contributed by atoms with Gasteiger partial charge in [0.25, 0.3) is 0 Å². The van der Waals surface area contributed by atoms with Crippen molar-refractivity contribution in [3.63, 3.8) is 0 Å². The van der Waals surface area contributed by atoms with Crippen LogP contribution < -0.4 is 10.6 Å². The van der Waals surface area contributed by atoms with E-state index in [0.717, 1.165) is 24.0 Å². The van der Waals surface area contributed by atoms with Crippen molar-refractivity contribution < 1.29 is 4.79 Å². The molecule has 2 unspecified atom stereocenters. The molecule has 4 heteroatoms. The van der Waals surface area contributed by atoms with Gasteiger partial charge in [-0.1, -0.05) is 35.0 Å². The summed E-state index contributed by atoms with van der Waals surface area (Å²) in [5, 5.41) is 6.66. The molecule has 1 aliphatic rings. The van der Waals surface area contributed by atoms with Crippen molar-refractivity contribution in [3.05, 3.63) is 34.3 Å². The van der Waals surface area contributed by atoms with Crippen LogP contribution in [-0.4, -0.2) is 24.5 Å². The van der Waals surface area contributed by atoms with Crippen LogP contribution in [0.15, 0.2) is 28.7 Å². The van der Waals surface area contributed by atoms with Crippen molar-refractivity contribution in [2.24, 2.45) is 11.8 Å². The minimum atomic E-state index is -0.227. The van der Waals surface area contributed by atoms with Crippen LogP contribution in [0, 0.1) is 11.8 Å². The molecule has 3 nitrogen and oxygen atoms in total. The quantitative estimate of drug-likeness (QED) is 0.785. The molecular formula is C19H29BrN2O. The second-order valence-corrected chi connectivity index (χ2v) is 8.44. The van der Waals surface area contributed by atoms with Gasteiger partial charge in [-0.15, -0.1) is 0 Å². The van der Waals surface area contributed by atoms with Gasteiger partial charge < -0.3 is 10.6 Å². The maximum absolute atomic E-state index is 12.4. The Morgan fingerprint density at radius 3 is 2.70 bits per heavy atom. The van der Waals surface area contributed by atoms with Gasteiger partial charge in [0.1, 0.15) is 0 Å². The van der Waals surface area contributed by atoms with Crippen LogP contribution in [0.4, 0.5) is 0 Å². The molecule has 0 bridgehead atoms. The summed E-state index contributed by atoms with van der Waals surface area (Å²) in [5.74, 6) is 1.24. The Balaban J connectivity index is 1.83. The first kappa shape index (κ1) is 18.5. The molecule has 2 atom stereocenters. The molecule has 0 aliphatic carbocycles. The lowest BCUT2D eigenvalue weighted by molar-refractivity contribution is -0.123. The Kier molecular flexibility index (Phi) is 6.66. The van der Waals surface area contributed by atoms with Gasteiger partial charge in [0, 0.05) is 16.4 Å². The Labute approximate surface area is 148 Å². The first-order valence-electron chi connectivity index (χ1n) is 8.62. The van der Waals surface area contributed by atoms with Crippen LogP contribution in [0.3, 0.4) is 0 Å². The summed E-state index contributed by atoms with van der Waals surface area (Å²) in [6.45, 7) is 8.57. The smallest absolute Gasteiger partial charge is 0.220 e. The van der Waals surface area contributed by atoms with Crippen molar-refractivity contribution in [1.82, 2.24) is 10.6 Å². The number of halogens is 1. The van der Waals surface area contributed by atoms with E-state index in [0.29, 0.717) is 18.3 Å². The molecule has 2 rings (SSSR count). The lowest BCUT2D eigenvalue weighted by Crippen LogP contribution is -2.46. The lowest BCUT2D eigenvalue weighted by Gasteiger charge is -2.30. The summed E-state index contributed by atoms with van der Waals surface area (Å²) in [7, 11) is 0. The topological polar surface area (TPSA) is 41.1 Å². The molecule has 1 aromatic carbocycles. The molecule has 128 valence electrons. The fraction of sp³-hybridized carbons (Fsp3) is 0.632. The van der Waals surface area contributed by atoms with E-state index < -0.39 is 0 Å². The summed E-state index contributed by atoms with van der Waals surface area (Å²) in [4.78, 5) is 12.4. The second kappa shape index (κ2) is 8.29. The third-order valence-corrected chi connectivity index (χ3v) is 5.21. The van der Waals surface area contributed by atoms with Gasteiger partial charge in [0.2, 0.25) is 5.91 Å². The molecule has 1 saturated heterocycles. The Bertz CT molecular complexity index is 507. The Hall–Kier alpha value is -0.870. The first-order valence-corrected chi connectivity index (χ1v) is 9.41. The highest BCUT2D eigenvalue weighted by Gasteiger charge is 2.25. The highest BCUT2D eigenvalue weighted by atomic mass is 79.9. The molecule has 0 aromatic heterocycles. The number of carbonyl (C=O) groups excluding carboxylic acids is 1. The van der Waals surface area contributed by atoms with Gasteiger partial charge in [-0.05, 0) is 75.7 Å². The maximum atomic E-state index is 12.4. The SMILES string of the molecule is CC(CC(=O)NC(C)(C)Cc1ccc(Br)cc1)C1CCCNC1. The van der Waals surface area contributed by atoms with Gasteiger partial charge in [-0.2, -0.15) is 0 Å². The molecular weight excluding hydrogens is 352 g/mol. The molecule has 1 heterocycles. The highest BCUT2D eigenvalue weighted by molar-refractivity contribution is 9.10. The van der Waals surface area contributed by atoms with Crippen LogP contribution in [0.25, 0.3) is 0 Å². The van der Waals surface area contributed by atoms with Crippen LogP contribution in [0.5, 0.6) is 0 Å². The van der Waals surface area contributed by atoms with Gasteiger partial charge in [0.05, 0.1) is 0 Å². The minimum Gasteiger partial charge on any atom is -0.351 e. The van der Waals surface area contributed by atoms with Crippen molar-refractivity contribution >= 4 is 21.8 Å². The summed E-state index contributed by atoms with van der Waals surface area (Å²) in [6, 6.07) is 8.30. The van der Waals surface area contributed by atoms with E-state index in [4.69, 9.17) is 0 Å². The molecule has 0 saturated carbocycles. The minimum absolute atomic E-state index is 0.171. The molecule has 0 spiro atoms. The zero-order valence-corrected chi connectivity index (χ0v) is 16.1. The number of piperidine rings is 1. The zero-order chi connectivity index (χ0) is 16.9. The van der Waals surface area contributed by atoms with Gasteiger partial charge >= 0.3 is 0 Å². The summed E-state index contributed by atoms with van der Waals surface area (Å²) < 4.78 is 1.08. The number of hydrogen-bond acceptors (Lipinski definition) is 2. The number of nitrogens with one attached hydrogen (secondary N) is 2. The molecule has 1 amide bonds. The van der Waals surface area contributed by atoms with E-state index >= 15 is 0 Å². The number of hydrogen-bond donors (Lipinski definition) is 2. The summed E-state index contributed by atoms with van der Waals surface area (Å²) in [5.41, 5.74) is 1.01. The van der Waals surface area contributed by atoms with E-state index in [2.05, 4.69) is 59.5 Å². The molecule has 1 fully saturated rings. The average molecular weight is 381 g/mol. The maximum Gasteiger partial charge on any atom is 0.220 e. The predicted molar refractivity (Wildman–Crippen MR) is 99.4 cm³/mol. The third kappa shape index (κ3) is 6.27. The number of carbonyl (C=O) groups is 1. The first-order chi connectivity index (χ1) is 10.9. The molecule has 23 heavy (non-hydrogen) atoms. The van der Waals surface area contributed by atoms with Crippen LogP contribution in [0.2, 0.25) is 0 Å². The summed E-state index contributed by atoms with van der Waals surface area (Å²) >= 11 is 3.46. The van der Waals surface area contributed by atoms with Crippen molar-refractivity contribution in [3.8, 4) is 0 Å². The van der Waals surface area contributed by atoms with E-state index in [-0.39, 0.29) is 11.4 Å². The van der Waals surface area contributed by atoms with Crippen LogP contribution in [-0.2, 0) is 11.2 Å². The normalized spacial score (nSPS) is 20.1. The van der Waals surface area contributed by atoms with Gasteiger partial charge in [-0.3, -0.25) is 4.79 Å². The predicted octanol–water partition coefficient (Wildman–Crippen LogP) is 3.91. The van der Waals surface area contributed by atoms with E-state index in [9.17, 15) is 4.79 Å². The standard InChI is InChI=1S/C19H29BrN2O/c1-14(16-5-4-10-21-13-16)11-18(23)22-19(2,3)12-15-6-8-17(20)9-7-15/h6-9,14,16,21H,4-5,10-13H2,1-3H3,(H,22,23). The number of rotatable bonds is 6. The van der Waals surface area contributed by atoms with Crippen LogP contribution >= 0.6 is 15.9 Å². The van der Waals surface area contributed by atoms with E-state index in [1.54, 1.807) is 0 Å². The average Bonchev–Trinajstić information content (AvgIpc) is 2.49. The molecule has 1 aliphatic heterocycles. The molecule has 0 radical (unpaired) electrons. The van der Waals surface area contributed by atoms with Gasteiger partial charge in [-0.25, -0.2) is 0 Å². The lowest BCUT2D eigenvalue weighted by atomic mass is 9.85. The number of benzene rings is 1. The Morgan fingerprint density at radius 1 is 1.39 bits per heavy atom. The second-order valence-electron chi connectivity index (χ2n) is 7.52. The monoisotopic (exact) mass is 380 g/mol. The van der Waals surface area contributed by atoms with Crippen molar-refractivity contribution in [2.75, 3.05) is 13.1 Å². The highest BCUT2D eigenvalue weighted by Crippen LogP contribution is 2.23. The zero-order valence-electron chi connectivity index (χ0n) is 14.5. The molecule has 2 N–H and O–H groups in total. The summed E-state index contributed by atoms with van der Waals surface area (Å²) in [6.07, 6.45) is 3.93. The number of amides is 1. The fourth-order valence-corrected chi connectivity index (χ4v) is 3.67. The van der Waals surface area contributed by atoms with Crippen molar-refractivity contribution in [2.45, 2.75) is 52.0 Å². The van der Waals surface area contributed by atoms with Gasteiger partial charge in [0.15, 0.2) is 0 Å². The molecule has 1 aromatic rings. The third-order valence-electron chi connectivity index (χ3n) is 4.68. The Morgan fingerprint density at radius 2 is 2.09 bits per heavy atom. The van der Waals surface area contributed by atoms with E-state index in [1.807, 2.05) is 12.1 Å².